The fourth-order valence-electron chi connectivity index (χ4n) is 4.45. The summed E-state index contributed by atoms with van der Waals surface area (Å²) in [6, 6.07) is 5.48. The minimum atomic E-state index is -0.0433. The Morgan fingerprint density at radius 3 is 2.86 bits per heavy atom. The van der Waals surface area contributed by atoms with Crippen LogP contribution in [-0.4, -0.2) is 16.8 Å². The summed E-state index contributed by atoms with van der Waals surface area (Å²) in [5.41, 5.74) is 4.69. The van der Waals surface area contributed by atoms with E-state index in [4.69, 9.17) is 11.6 Å². The summed E-state index contributed by atoms with van der Waals surface area (Å²) >= 11 is 6.15. The Kier molecular flexibility index (Phi) is 5.11. The first-order valence-electron chi connectivity index (χ1n) is 9.94. The van der Waals surface area contributed by atoms with Crippen molar-refractivity contribution in [2.75, 3.05) is 4.90 Å². The molecule has 1 aromatic heterocycles. The number of pyridine rings is 1. The average molecular weight is 398 g/mol. The van der Waals surface area contributed by atoms with Crippen molar-refractivity contribution in [3.8, 4) is 0 Å². The molecule has 5 nitrogen and oxygen atoms in total. The van der Waals surface area contributed by atoms with Crippen molar-refractivity contribution in [1.29, 1.82) is 0 Å². The summed E-state index contributed by atoms with van der Waals surface area (Å²) in [6.07, 6.45) is 7.63. The van der Waals surface area contributed by atoms with Gasteiger partial charge in [0.1, 0.15) is 0 Å². The molecule has 2 unspecified atom stereocenters. The van der Waals surface area contributed by atoms with E-state index in [9.17, 15) is 9.59 Å². The van der Waals surface area contributed by atoms with Crippen LogP contribution in [0, 0.1) is 0 Å². The molecule has 2 aliphatic rings. The molecule has 0 saturated heterocycles. The van der Waals surface area contributed by atoms with Gasteiger partial charge in [-0.05, 0) is 54.5 Å². The molecule has 2 amide bonds. The van der Waals surface area contributed by atoms with Gasteiger partial charge in [0.25, 0.3) is 5.91 Å². The number of nitrogens with zero attached hydrogens (tertiary/aromatic N) is 2. The molecule has 0 spiro atoms. The zero-order chi connectivity index (χ0) is 19.8. The minimum Gasteiger partial charge on any atom is -0.349 e. The number of anilines is 1. The van der Waals surface area contributed by atoms with Crippen molar-refractivity contribution in [2.45, 2.75) is 58.0 Å². The van der Waals surface area contributed by atoms with E-state index < -0.39 is 0 Å². The highest BCUT2D eigenvalue weighted by molar-refractivity contribution is 6.31. The number of halogens is 1. The van der Waals surface area contributed by atoms with E-state index in [0.717, 1.165) is 48.1 Å². The number of hydrogen-bond donors (Lipinski definition) is 1. The van der Waals surface area contributed by atoms with E-state index in [-0.39, 0.29) is 23.9 Å². The molecule has 1 aliphatic carbocycles. The molecule has 0 radical (unpaired) electrons. The predicted molar refractivity (Wildman–Crippen MR) is 110 cm³/mol. The average Bonchev–Trinajstić information content (AvgIpc) is 2.98. The van der Waals surface area contributed by atoms with Crippen LogP contribution in [0.4, 0.5) is 5.69 Å². The standard InChI is InChI=1S/C22H24ClN3O2/c1-3-19-15-9-8-13(23)10-16(15)22(28)26(19)20-12-24-11-17-14(20)6-5-7-18(17)25-21(27)4-2/h8-12,18-19H,3-7H2,1-2H3,(H,25,27). The second-order valence-corrected chi connectivity index (χ2v) is 7.86. The third-order valence-electron chi connectivity index (χ3n) is 5.80. The molecule has 2 atom stereocenters. The number of hydrogen-bond acceptors (Lipinski definition) is 3. The fraction of sp³-hybridized carbons (Fsp3) is 0.409. The topological polar surface area (TPSA) is 62.3 Å². The van der Waals surface area contributed by atoms with Gasteiger partial charge < -0.3 is 5.32 Å². The van der Waals surface area contributed by atoms with Gasteiger partial charge in [0, 0.05) is 23.2 Å². The lowest BCUT2D eigenvalue weighted by Crippen LogP contribution is -2.33. The smallest absolute Gasteiger partial charge is 0.259 e. The fourth-order valence-corrected chi connectivity index (χ4v) is 4.62. The number of amides is 2. The summed E-state index contributed by atoms with van der Waals surface area (Å²) in [5, 5.41) is 3.67. The lowest BCUT2D eigenvalue weighted by Gasteiger charge is -2.32. The molecule has 1 aliphatic heterocycles. The van der Waals surface area contributed by atoms with Crippen LogP contribution in [0.5, 0.6) is 0 Å². The highest BCUT2D eigenvalue weighted by atomic mass is 35.5. The van der Waals surface area contributed by atoms with Gasteiger partial charge in [-0.1, -0.05) is 31.5 Å². The predicted octanol–water partition coefficient (Wildman–Crippen LogP) is 4.75. The van der Waals surface area contributed by atoms with Gasteiger partial charge in [-0.3, -0.25) is 19.5 Å². The van der Waals surface area contributed by atoms with E-state index >= 15 is 0 Å². The quantitative estimate of drug-likeness (QED) is 0.809. The Balaban J connectivity index is 1.77. The van der Waals surface area contributed by atoms with Crippen LogP contribution in [0.2, 0.25) is 5.02 Å². The molecule has 0 saturated carbocycles. The lowest BCUT2D eigenvalue weighted by atomic mass is 9.87. The Labute approximate surface area is 170 Å². The zero-order valence-electron chi connectivity index (χ0n) is 16.2. The molecule has 2 heterocycles. The molecule has 0 bridgehead atoms. The van der Waals surface area contributed by atoms with Crippen molar-refractivity contribution in [3.63, 3.8) is 0 Å². The van der Waals surface area contributed by atoms with E-state index in [1.54, 1.807) is 12.3 Å². The van der Waals surface area contributed by atoms with Gasteiger partial charge in [0.15, 0.2) is 0 Å². The van der Waals surface area contributed by atoms with E-state index in [0.29, 0.717) is 17.0 Å². The SMILES string of the molecule is CCC(=O)NC1CCCc2c1cncc2N1C(=O)c2cc(Cl)ccc2C1CC. The third-order valence-corrected chi connectivity index (χ3v) is 6.04. The minimum absolute atomic E-state index is 0.0285. The van der Waals surface area contributed by atoms with Gasteiger partial charge >= 0.3 is 0 Å². The van der Waals surface area contributed by atoms with E-state index in [1.807, 2.05) is 30.2 Å². The first kappa shape index (κ1) is 18.9. The van der Waals surface area contributed by atoms with Gasteiger partial charge in [-0.2, -0.15) is 0 Å². The summed E-state index contributed by atoms with van der Waals surface area (Å²) in [7, 11) is 0. The molecule has 1 aromatic carbocycles. The number of nitrogens with one attached hydrogen (secondary N) is 1. The molecule has 0 fully saturated rings. The number of aromatic nitrogens is 1. The number of carbonyl (C=O) groups is 2. The molecular weight excluding hydrogens is 374 g/mol. The van der Waals surface area contributed by atoms with Crippen molar-refractivity contribution in [1.82, 2.24) is 10.3 Å². The first-order valence-corrected chi connectivity index (χ1v) is 10.3. The van der Waals surface area contributed by atoms with Crippen LogP contribution in [-0.2, 0) is 11.2 Å². The first-order chi connectivity index (χ1) is 13.5. The Morgan fingerprint density at radius 1 is 1.29 bits per heavy atom. The van der Waals surface area contributed by atoms with Crippen LogP contribution in [0.1, 0.15) is 78.7 Å². The van der Waals surface area contributed by atoms with Crippen LogP contribution in [0.25, 0.3) is 0 Å². The van der Waals surface area contributed by atoms with Gasteiger partial charge in [-0.25, -0.2) is 0 Å². The zero-order valence-corrected chi connectivity index (χ0v) is 16.9. The second-order valence-electron chi connectivity index (χ2n) is 7.42. The normalized spacial score (nSPS) is 20.7. The summed E-state index contributed by atoms with van der Waals surface area (Å²) in [5.74, 6) is 0.00764. The van der Waals surface area contributed by atoms with Crippen LogP contribution in [0.15, 0.2) is 30.6 Å². The van der Waals surface area contributed by atoms with Gasteiger partial charge in [0.2, 0.25) is 5.91 Å². The summed E-state index contributed by atoms with van der Waals surface area (Å²) < 4.78 is 0. The largest absolute Gasteiger partial charge is 0.349 e. The highest BCUT2D eigenvalue weighted by Gasteiger charge is 2.39. The van der Waals surface area contributed by atoms with Gasteiger partial charge in [0.05, 0.1) is 24.0 Å². The number of fused-ring (bicyclic) bond motifs is 2. The Bertz CT molecular complexity index is 943. The summed E-state index contributed by atoms with van der Waals surface area (Å²) in [4.78, 5) is 31.5. The number of benzene rings is 1. The second kappa shape index (κ2) is 7.55. The monoisotopic (exact) mass is 397 g/mol. The van der Waals surface area contributed by atoms with Crippen molar-refractivity contribution in [2.24, 2.45) is 0 Å². The highest BCUT2D eigenvalue weighted by Crippen LogP contribution is 2.44. The maximum atomic E-state index is 13.3. The molecule has 146 valence electrons. The maximum Gasteiger partial charge on any atom is 0.259 e. The third kappa shape index (κ3) is 3.08. The van der Waals surface area contributed by atoms with Gasteiger partial charge in [-0.15, -0.1) is 0 Å². The molecule has 4 rings (SSSR count). The number of carbonyl (C=O) groups excluding carboxylic acids is 2. The Hall–Kier alpha value is -2.40. The van der Waals surface area contributed by atoms with E-state index in [2.05, 4.69) is 17.2 Å². The lowest BCUT2D eigenvalue weighted by molar-refractivity contribution is -0.121. The van der Waals surface area contributed by atoms with Crippen molar-refractivity contribution < 1.29 is 9.59 Å². The van der Waals surface area contributed by atoms with Crippen LogP contribution >= 0.6 is 11.6 Å². The molecular formula is C22H24ClN3O2. The Morgan fingerprint density at radius 2 is 2.11 bits per heavy atom. The number of rotatable bonds is 4. The molecule has 6 heteroatoms. The summed E-state index contributed by atoms with van der Waals surface area (Å²) in [6.45, 7) is 3.94. The van der Waals surface area contributed by atoms with Crippen molar-refractivity contribution >= 4 is 29.1 Å². The molecule has 28 heavy (non-hydrogen) atoms. The maximum absolute atomic E-state index is 13.3. The van der Waals surface area contributed by atoms with E-state index in [1.165, 1.54) is 0 Å². The van der Waals surface area contributed by atoms with Crippen LogP contribution < -0.4 is 10.2 Å². The molecule has 2 aromatic rings. The van der Waals surface area contributed by atoms with Crippen LogP contribution in [0.3, 0.4) is 0 Å². The van der Waals surface area contributed by atoms with Crippen molar-refractivity contribution in [3.05, 3.63) is 57.9 Å². The molecule has 1 N–H and O–H groups in total.